The summed E-state index contributed by atoms with van der Waals surface area (Å²) in [7, 11) is 3.04. The van der Waals surface area contributed by atoms with Crippen molar-refractivity contribution in [2.75, 3.05) is 33.9 Å². The molecule has 2 aromatic carbocycles. The van der Waals surface area contributed by atoms with Crippen molar-refractivity contribution in [3.05, 3.63) is 52.8 Å². The molecule has 1 amide bonds. The lowest BCUT2D eigenvalue weighted by atomic mass is 10.1. The molecule has 1 fully saturated rings. The number of methoxy groups -OCH3 is 2. The maximum absolute atomic E-state index is 13.2. The molecule has 1 saturated heterocycles. The molecule has 0 N–H and O–H groups in total. The predicted octanol–water partition coefficient (Wildman–Crippen LogP) is 4.00. The van der Waals surface area contributed by atoms with E-state index in [1.54, 1.807) is 24.3 Å². The van der Waals surface area contributed by atoms with Crippen LogP contribution in [0, 0.1) is 5.82 Å². The van der Waals surface area contributed by atoms with Crippen LogP contribution in [0.1, 0.15) is 19.4 Å². The summed E-state index contributed by atoms with van der Waals surface area (Å²) in [6.07, 6.45) is 0. The predicted molar refractivity (Wildman–Crippen MR) is 117 cm³/mol. The summed E-state index contributed by atoms with van der Waals surface area (Å²) < 4.78 is 29.3. The van der Waals surface area contributed by atoms with Crippen LogP contribution >= 0.6 is 11.6 Å². The molecule has 3 rings (SSSR count). The van der Waals surface area contributed by atoms with Gasteiger partial charge in [0.2, 0.25) is 0 Å². The minimum atomic E-state index is -0.241. The Bertz CT molecular complexity index is 909. The zero-order chi connectivity index (χ0) is 22.5. The number of benzene rings is 2. The van der Waals surface area contributed by atoms with Gasteiger partial charge in [0, 0.05) is 43.9 Å². The standard InChI is InChI=1S/C23H28ClFN2O4/c1-15-12-27(16(2)11-26(15)13-17-5-7-18(25)8-6-17)22(28)14-31-21-10-19(29-3)9-20(30-4)23(21)24/h5-10,15-16H,11-14H2,1-4H3/t15-,16+/m1/s1. The van der Waals surface area contributed by atoms with Crippen LogP contribution in [-0.4, -0.2) is 61.7 Å². The molecule has 0 saturated carbocycles. The molecule has 0 aromatic heterocycles. The summed E-state index contributed by atoms with van der Waals surface area (Å²) in [5.74, 6) is 0.926. The molecule has 1 aliphatic rings. The van der Waals surface area contributed by atoms with Gasteiger partial charge in [-0.05, 0) is 31.5 Å². The lowest BCUT2D eigenvalue weighted by molar-refractivity contribution is -0.139. The summed E-state index contributed by atoms with van der Waals surface area (Å²) in [5.41, 5.74) is 1.05. The highest BCUT2D eigenvalue weighted by atomic mass is 35.5. The van der Waals surface area contributed by atoms with Gasteiger partial charge in [0.15, 0.2) is 6.61 Å². The molecule has 31 heavy (non-hydrogen) atoms. The lowest BCUT2D eigenvalue weighted by Crippen LogP contribution is -2.58. The van der Waals surface area contributed by atoms with Crippen LogP contribution in [0.25, 0.3) is 0 Å². The number of hydrogen-bond acceptors (Lipinski definition) is 5. The van der Waals surface area contributed by atoms with Crippen LogP contribution in [0.5, 0.6) is 17.2 Å². The van der Waals surface area contributed by atoms with Gasteiger partial charge in [0.05, 0.1) is 14.2 Å². The number of amides is 1. The van der Waals surface area contributed by atoms with E-state index >= 15 is 0 Å². The van der Waals surface area contributed by atoms with E-state index in [4.69, 9.17) is 25.8 Å². The number of rotatable bonds is 7. The fourth-order valence-electron chi connectivity index (χ4n) is 3.73. The van der Waals surface area contributed by atoms with Crippen molar-refractivity contribution in [3.63, 3.8) is 0 Å². The number of hydrogen-bond donors (Lipinski definition) is 0. The summed E-state index contributed by atoms with van der Waals surface area (Å²) >= 11 is 6.30. The SMILES string of the molecule is COc1cc(OC)c(Cl)c(OCC(=O)N2C[C@@H](C)N(Cc3ccc(F)cc3)C[C@@H]2C)c1. The van der Waals surface area contributed by atoms with Crippen molar-refractivity contribution in [2.24, 2.45) is 0 Å². The van der Waals surface area contributed by atoms with Crippen LogP contribution < -0.4 is 14.2 Å². The highest BCUT2D eigenvalue weighted by Gasteiger charge is 2.32. The van der Waals surface area contributed by atoms with Crippen molar-refractivity contribution in [1.29, 1.82) is 0 Å². The van der Waals surface area contributed by atoms with Crippen molar-refractivity contribution < 1.29 is 23.4 Å². The molecule has 6 nitrogen and oxygen atoms in total. The van der Waals surface area contributed by atoms with E-state index < -0.39 is 0 Å². The Labute approximate surface area is 187 Å². The van der Waals surface area contributed by atoms with Gasteiger partial charge >= 0.3 is 0 Å². The smallest absolute Gasteiger partial charge is 0.260 e. The van der Waals surface area contributed by atoms with Gasteiger partial charge in [-0.3, -0.25) is 9.69 Å². The number of halogens is 2. The molecule has 0 unspecified atom stereocenters. The molecule has 0 aliphatic carbocycles. The average Bonchev–Trinajstić information content (AvgIpc) is 2.76. The van der Waals surface area contributed by atoms with Crippen LogP contribution in [-0.2, 0) is 11.3 Å². The Hall–Kier alpha value is -2.51. The fourth-order valence-corrected chi connectivity index (χ4v) is 3.97. The van der Waals surface area contributed by atoms with Crippen LogP contribution in [0.3, 0.4) is 0 Å². The highest BCUT2D eigenvalue weighted by molar-refractivity contribution is 6.33. The topological polar surface area (TPSA) is 51.2 Å². The van der Waals surface area contributed by atoms with Gasteiger partial charge in [-0.2, -0.15) is 0 Å². The Morgan fingerprint density at radius 1 is 1.06 bits per heavy atom. The number of ether oxygens (including phenoxy) is 3. The summed E-state index contributed by atoms with van der Waals surface area (Å²) in [5, 5.41) is 0.293. The minimum Gasteiger partial charge on any atom is -0.496 e. The number of carbonyl (C=O) groups is 1. The van der Waals surface area contributed by atoms with E-state index in [0.717, 1.165) is 12.1 Å². The zero-order valence-corrected chi connectivity index (χ0v) is 19.0. The maximum atomic E-state index is 13.2. The Balaban J connectivity index is 1.61. The third-order valence-corrected chi connectivity index (χ3v) is 5.89. The van der Waals surface area contributed by atoms with E-state index in [0.29, 0.717) is 35.4 Å². The van der Waals surface area contributed by atoms with Gasteiger partial charge in [-0.25, -0.2) is 4.39 Å². The molecule has 0 spiro atoms. The first-order valence-corrected chi connectivity index (χ1v) is 10.5. The Kier molecular flexibility index (Phi) is 7.62. The Morgan fingerprint density at radius 3 is 2.39 bits per heavy atom. The van der Waals surface area contributed by atoms with Crippen LogP contribution in [0.2, 0.25) is 5.02 Å². The molecule has 2 atom stereocenters. The van der Waals surface area contributed by atoms with Gasteiger partial charge in [0.25, 0.3) is 5.91 Å². The van der Waals surface area contributed by atoms with Gasteiger partial charge < -0.3 is 19.1 Å². The molecule has 168 valence electrons. The van der Waals surface area contributed by atoms with E-state index in [1.807, 2.05) is 11.8 Å². The second-order valence-corrected chi connectivity index (χ2v) is 8.11. The first kappa shape index (κ1) is 23.2. The molecular formula is C23H28ClFN2O4. The van der Waals surface area contributed by atoms with Crippen molar-refractivity contribution in [1.82, 2.24) is 9.80 Å². The van der Waals surface area contributed by atoms with Crippen molar-refractivity contribution in [3.8, 4) is 17.2 Å². The lowest BCUT2D eigenvalue weighted by Gasteiger charge is -2.44. The summed E-state index contributed by atoms with van der Waals surface area (Å²) in [6, 6.07) is 9.99. The van der Waals surface area contributed by atoms with Gasteiger partial charge in [0.1, 0.15) is 28.1 Å². The first-order valence-electron chi connectivity index (χ1n) is 10.1. The van der Waals surface area contributed by atoms with Crippen LogP contribution in [0.15, 0.2) is 36.4 Å². The van der Waals surface area contributed by atoms with Crippen molar-refractivity contribution in [2.45, 2.75) is 32.5 Å². The minimum absolute atomic E-state index is 0.0167. The first-order chi connectivity index (χ1) is 14.8. The molecule has 1 heterocycles. The van der Waals surface area contributed by atoms with E-state index in [9.17, 15) is 9.18 Å². The molecule has 2 aromatic rings. The van der Waals surface area contributed by atoms with E-state index in [2.05, 4.69) is 11.8 Å². The zero-order valence-electron chi connectivity index (χ0n) is 18.2. The molecule has 1 aliphatic heterocycles. The second kappa shape index (κ2) is 10.2. The van der Waals surface area contributed by atoms with Gasteiger partial charge in [-0.15, -0.1) is 0 Å². The fraction of sp³-hybridized carbons (Fsp3) is 0.435. The van der Waals surface area contributed by atoms with Crippen LogP contribution in [0.4, 0.5) is 4.39 Å². The summed E-state index contributed by atoms with van der Waals surface area (Å²) in [6.45, 7) is 5.98. The monoisotopic (exact) mass is 450 g/mol. The highest BCUT2D eigenvalue weighted by Crippen LogP contribution is 2.38. The van der Waals surface area contributed by atoms with Gasteiger partial charge in [-0.1, -0.05) is 23.7 Å². The number of nitrogens with zero attached hydrogens (tertiary/aromatic N) is 2. The molecule has 8 heteroatoms. The third kappa shape index (κ3) is 5.60. The normalized spacial score (nSPS) is 19.2. The number of piperazine rings is 1. The van der Waals surface area contributed by atoms with Crippen molar-refractivity contribution >= 4 is 17.5 Å². The van der Waals surface area contributed by atoms with E-state index in [1.165, 1.54) is 26.4 Å². The Morgan fingerprint density at radius 2 is 1.74 bits per heavy atom. The van der Waals surface area contributed by atoms with E-state index in [-0.39, 0.29) is 30.4 Å². The average molecular weight is 451 g/mol. The largest absolute Gasteiger partial charge is 0.496 e. The maximum Gasteiger partial charge on any atom is 0.260 e. The molecule has 0 radical (unpaired) electrons. The number of carbonyl (C=O) groups excluding carboxylic acids is 1. The molecule has 0 bridgehead atoms. The third-order valence-electron chi connectivity index (χ3n) is 5.52. The quantitative estimate of drug-likeness (QED) is 0.638. The summed E-state index contributed by atoms with van der Waals surface area (Å²) in [4.78, 5) is 17.0. The second-order valence-electron chi connectivity index (χ2n) is 7.73. The molecular weight excluding hydrogens is 423 g/mol.